The number of nitrogens with one attached hydrogen (secondary N) is 3. The molecular formula is C19H23Cl2N3O3. The van der Waals surface area contributed by atoms with Crippen LogP contribution in [0, 0.1) is 17.8 Å². The van der Waals surface area contributed by atoms with Crippen LogP contribution in [0.4, 0.5) is 10.5 Å². The number of carboxylic acids is 1. The summed E-state index contributed by atoms with van der Waals surface area (Å²) in [6.45, 7) is -0.0731. The number of halogens is 2. The van der Waals surface area contributed by atoms with Crippen LogP contribution in [0.2, 0.25) is 10.0 Å². The van der Waals surface area contributed by atoms with Crippen molar-refractivity contribution in [2.75, 3.05) is 11.9 Å². The molecule has 0 heterocycles. The Morgan fingerprint density at radius 1 is 1.15 bits per heavy atom. The maximum absolute atomic E-state index is 12.5. The molecule has 5 rings (SSSR count). The smallest absolute Gasteiger partial charge is 0.327 e. The van der Waals surface area contributed by atoms with Crippen molar-refractivity contribution in [3.05, 3.63) is 28.2 Å². The molecule has 4 saturated carbocycles. The van der Waals surface area contributed by atoms with E-state index in [9.17, 15) is 14.7 Å². The summed E-state index contributed by atoms with van der Waals surface area (Å²) in [5.41, 5.74) is 0.260. The van der Waals surface area contributed by atoms with Crippen LogP contribution in [0.1, 0.15) is 32.1 Å². The summed E-state index contributed by atoms with van der Waals surface area (Å²) in [4.78, 5) is 24.1. The molecule has 2 unspecified atom stereocenters. The Morgan fingerprint density at radius 2 is 1.78 bits per heavy atom. The van der Waals surface area contributed by atoms with Crippen LogP contribution in [0.25, 0.3) is 0 Å². The predicted octanol–water partition coefficient (Wildman–Crippen LogP) is 3.74. The topological polar surface area (TPSA) is 90.5 Å². The molecule has 0 spiro atoms. The summed E-state index contributed by atoms with van der Waals surface area (Å²) >= 11 is 12.2. The Morgan fingerprint density at radius 3 is 2.37 bits per heavy atom. The van der Waals surface area contributed by atoms with Crippen molar-refractivity contribution in [1.29, 1.82) is 0 Å². The molecule has 1 aromatic rings. The van der Waals surface area contributed by atoms with Crippen LogP contribution in [-0.4, -0.2) is 35.2 Å². The van der Waals surface area contributed by atoms with Crippen molar-refractivity contribution in [2.45, 2.75) is 43.7 Å². The van der Waals surface area contributed by atoms with E-state index in [-0.39, 0.29) is 18.1 Å². The summed E-state index contributed by atoms with van der Waals surface area (Å²) in [6, 6.07) is 3.59. The first-order valence-corrected chi connectivity index (χ1v) is 10.1. The van der Waals surface area contributed by atoms with Crippen molar-refractivity contribution >= 4 is 40.9 Å². The van der Waals surface area contributed by atoms with E-state index in [0.29, 0.717) is 21.7 Å². The molecule has 27 heavy (non-hydrogen) atoms. The maximum atomic E-state index is 12.5. The van der Waals surface area contributed by atoms with E-state index in [4.69, 9.17) is 23.2 Å². The molecule has 4 aliphatic rings. The van der Waals surface area contributed by atoms with Crippen molar-refractivity contribution in [2.24, 2.45) is 17.8 Å². The number of para-hydroxylation sites is 1. The zero-order valence-electron chi connectivity index (χ0n) is 14.8. The minimum absolute atomic E-state index is 0.0731. The fraction of sp³-hybridized carbons (Fsp3) is 0.579. The number of hydrogen-bond acceptors (Lipinski definition) is 3. The molecule has 0 aromatic heterocycles. The third-order valence-corrected chi connectivity index (χ3v) is 7.03. The average molecular weight is 412 g/mol. The Labute approximate surface area is 168 Å². The van der Waals surface area contributed by atoms with Gasteiger partial charge in [0.1, 0.15) is 6.04 Å². The lowest BCUT2D eigenvalue weighted by Gasteiger charge is -2.34. The van der Waals surface area contributed by atoms with Gasteiger partial charge in [-0.1, -0.05) is 29.3 Å². The number of urea groups is 1. The van der Waals surface area contributed by atoms with Crippen LogP contribution < -0.4 is 16.0 Å². The van der Waals surface area contributed by atoms with E-state index in [0.717, 1.165) is 24.7 Å². The third kappa shape index (κ3) is 3.57. The summed E-state index contributed by atoms with van der Waals surface area (Å²) in [6.07, 6.45) is 5.82. The summed E-state index contributed by atoms with van der Waals surface area (Å²) in [7, 11) is 0. The van der Waals surface area contributed by atoms with Gasteiger partial charge in [0.15, 0.2) is 0 Å². The second-order valence-corrected chi connectivity index (χ2v) is 8.98. The highest BCUT2D eigenvalue weighted by atomic mass is 35.5. The molecule has 6 nitrogen and oxygen atoms in total. The van der Waals surface area contributed by atoms with Gasteiger partial charge in [0.2, 0.25) is 0 Å². The minimum Gasteiger partial charge on any atom is -0.480 e. The molecule has 4 bridgehead atoms. The molecule has 4 aliphatic carbocycles. The normalized spacial score (nSPS) is 31.6. The van der Waals surface area contributed by atoms with Crippen molar-refractivity contribution in [3.8, 4) is 0 Å². The largest absolute Gasteiger partial charge is 0.480 e. The van der Waals surface area contributed by atoms with E-state index < -0.39 is 12.0 Å². The van der Waals surface area contributed by atoms with Crippen molar-refractivity contribution < 1.29 is 14.7 Å². The molecule has 0 aliphatic heterocycles. The lowest BCUT2D eigenvalue weighted by molar-refractivity contribution is -0.137. The van der Waals surface area contributed by atoms with Gasteiger partial charge in [0.05, 0.1) is 22.3 Å². The zero-order chi connectivity index (χ0) is 19.2. The second-order valence-electron chi connectivity index (χ2n) is 8.17. The first-order valence-electron chi connectivity index (χ1n) is 9.35. The number of amides is 2. The van der Waals surface area contributed by atoms with Gasteiger partial charge in [-0.2, -0.15) is 0 Å². The molecule has 146 valence electrons. The fourth-order valence-electron chi connectivity index (χ4n) is 5.48. The molecule has 2 amide bonds. The molecule has 3 atom stereocenters. The Hall–Kier alpha value is -1.66. The molecule has 0 saturated heterocycles. The van der Waals surface area contributed by atoms with Crippen molar-refractivity contribution in [3.63, 3.8) is 0 Å². The molecule has 0 radical (unpaired) electrons. The predicted molar refractivity (Wildman–Crippen MR) is 104 cm³/mol. The molecule has 8 heteroatoms. The van der Waals surface area contributed by atoms with Gasteiger partial charge in [-0.15, -0.1) is 0 Å². The second kappa shape index (κ2) is 7.06. The van der Waals surface area contributed by atoms with Gasteiger partial charge in [0, 0.05) is 5.54 Å². The summed E-state index contributed by atoms with van der Waals surface area (Å²) < 4.78 is 0. The molecule has 4 N–H and O–H groups in total. The minimum atomic E-state index is -1.09. The number of benzene rings is 1. The van der Waals surface area contributed by atoms with Gasteiger partial charge in [-0.05, 0) is 62.0 Å². The van der Waals surface area contributed by atoms with Crippen LogP contribution >= 0.6 is 23.2 Å². The van der Waals surface area contributed by atoms with E-state index >= 15 is 0 Å². The number of rotatable bonds is 6. The summed E-state index contributed by atoms with van der Waals surface area (Å²) in [5.74, 6) is 0.949. The third-order valence-electron chi connectivity index (χ3n) is 6.40. The SMILES string of the molecule is O=C(NC[C@H](Nc1c(Cl)cccc1Cl)C(=O)O)NC12CC3CC(CC1C3)C2. The Balaban J connectivity index is 1.36. The molecular weight excluding hydrogens is 389 g/mol. The van der Waals surface area contributed by atoms with E-state index in [1.54, 1.807) is 18.2 Å². The number of hydrogen-bond donors (Lipinski definition) is 4. The van der Waals surface area contributed by atoms with Gasteiger partial charge in [-0.3, -0.25) is 0 Å². The number of anilines is 1. The van der Waals surface area contributed by atoms with Gasteiger partial charge in [-0.25, -0.2) is 9.59 Å². The van der Waals surface area contributed by atoms with Gasteiger partial charge in [0.25, 0.3) is 0 Å². The van der Waals surface area contributed by atoms with E-state index in [1.165, 1.54) is 19.3 Å². The maximum Gasteiger partial charge on any atom is 0.327 e. The van der Waals surface area contributed by atoms with Crippen molar-refractivity contribution in [1.82, 2.24) is 10.6 Å². The Kier molecular flexibility index (Phi) is 4.89. The van der Waals surface area contributed by atoms with Crippen LogP contribution in [0.15, 0.2) is 18.2 Å². The molecule has 1 aromatic carbocycles. The fourth-order valence-corrected chi connectivity index (χ4v) is 5.98. The van der Waals surface area contributed by atoms with E-state index in [1.807, 2.05) is 0 Å². The highest BCUT2D eigenvalue weighted by Gasteiger charge is 2.58. The van der Waals surface area contributed by atoms with Crippen LogP contribution in [-0.2, 0) is 4.79 Å². The monoisotopic (exact) mass is 411 g/mol. The number of aliphatic carboxylic acids is 1. The average Bonchev–Trinajstić information content (AvgIpc) is 2.96. The standard InChI is InChI=1S/C19H23Cl2N3O3/c20-13-2-1-3-14(21)16(13)23-15(17(25)26)9-22-18(27)24-19-7-10-4-11(8-19)6-12(19)5-10/h1-3,10-12,15,23H,4-9H2,(H,25,26)(H2,22,24,27)/t10?,11?,12?,15-,19?/m0/s1. The summed E-state index contributed by atoms with van der Waals surface area (Å²) in [5, 5.41) is 18.8. The lowest BCUT2D eigenvalue weighted by Crippen LogP contribution is -2.54. The van der Waals surface area contributed by atoms with Gasteiger partial charge >= 0.3 is 12.0 Å². The zero-order valence-corrected chi connectivity index (χ0v) is 16.3. The number of carboxylic acid groups (broad SMARTS) is 1. The number of carbonyl (C=O) groups is 2. The highest BCUT2D eigenvalue weighted by molar-refractivity contribution is 6.39. The first-order chi connectivity index (χ1) is 12.9. The highest BCUT2D eigenvalue weighted by Crippen LogP contribution is 2.60. The lowest BCUT2D eigenvalue weighted by atomic mass is 9.80. The van der Waals surface area contributed by atoms with Crippen LogP contribution in [0.5, 0.6) is 0 Å². The Bertz CT molecular complexity index is 738. The van der Waals surface area contributed by atoms with Crippen LogP contribution in [0.3, 0.4) is 0 Å². The molecule has 4 fully saturated rings. The quantitative estimate of drug-likeness (QED) is 0.573. The first kappa shape index (κ1) is 18.7. The number of carbonyl (C=O) groups excluding carboxylic acids is 1. The van der Waals surface area contributed by atoms with E-state index in [2.05, 4.69) is 16.0 Å². The van der Waals surface area contributed by atoms with Gasteiger partial charge < -0.3 is 21.1 Å².